The van der Waals surface area contributed by atoms with E-state index in [4.69, 9.17) is 9.47 Å². The summed E-state index contributed by atoms with van der Waals surface area (Å²) in [6.45, 7) is 4.07. The summed E-state index contributed by atoms with van der Waals surface area (Å²) < 4.78 is 10.3. The van der Waals surface area contributed by atoms with Crippen LogP contribution in [-0.4, -0.2) is 29.5 Å². The van der Waals surface area contributed by atoms with Crippen molar-refractivity contribution in [1.82, 2.24) is 0 Å². The van der Waals surface area contributed by atoms with Gasteiger partial charge in [-0.05, 0) is 53.6 Å². The Balaban J connectivity index is 2.12. The molecule has 0 aliphatic carbocycles. The lowest BCUT2D eigenvalue weighted by atomic mass is 9.83. The Morgan fingerprint density at radius 1 is 0.880 bits per heavy atom. The number of ether oxygens (including phenoxy) is 2. The Morgan fingerprint density at radius 3 is 2.04 bits per heavy atom. The second-order valence-electron chi connectivity index (χ2n) is 6.42. The van der Waals surface area contributed by atoms with Crippen LogP contribution in [0.25, 0.3) is 0 Å². The number of rotatable bonds is 7. The molecular weight excluding hydrogens is 320 g/mol. The Labute approximate surface area is 148 Å². The monoisotopic (exact) mass is 346 g/mol. The number of benzene rings is 2. The molecule has 2 aromatic carbocycles. The molecule has 2 rings (SSSR count). The molecule has 25 heavy (non-hydrogen) atoms. The molecule has 136 valence electrons. The van der Waals surface area contributed by atoms with Gasteiger partial charge in [0.1, 0.15) is 0 Å². The molecule has 0 aliphatic heterocycles. The Kier molecular flexibility index (Phi) is 6.15. The molecule has 0 saturated heterocycles. The molecule has 5 heteroatoms. The maximum Gasteiger partial charge on any atom is 0.160 e. The standard InChI is InChI=1S/C20H26O5/c1-12(9-14-5-7-16(21)18(10-14)24-3)13(2)20(23)15-6-8-17(22)19(11-15)25-4/h5-8,10-13,20-23H,9H2,1-4H3. The van der Waals surface area contributed by atoms with E-state index < -0.39 is 6.10 Å². The van der Waals surface area contributed by atoms with E-state index in [0.29, 0.717) is 17.1 Å². The van der Waals surface area contributed by atoms with Crippen LogP contribution in [0.5, 0.6) is 23.0 Å². The lowest BCUT2D eigenvalue weighted by molar-refractivity contribution is 0.0869. The molecule has 2 aromatic rings. The van der Waals surface area contributed by atoms with E-state index in [1.165, 1.54) is 20.3 Å². The summed E-state index contributed by atoms with van der Waals surface area (Å²) in [7, 11) is 3.00. The zero-order valence-corrected chi connectivity index (χ0v) is 15.1. The number of aliphatic hydroxyl groups excluding tert-OH is 1. The number of aromatic hydroxyl groups is 2. The second-order valence-corrected chi connectivity index (χ2v) is 6.42. The van der Waals surface area contributed by atoms with Crippen LogP contribution in [0.2, 0.25) is 0 Å². The highest BCUT2D eigenvalue weighted by atomic mass is 16.5. The average molecular weight is 346 g/mol. The van der Waals surface area contributed by atoms with Crippen LogP contribution >= 0.6 is 0 Å². The van der Waals surface area contributed by atoms with E-state index in [1.807, 2.05) is 19.1 Å². The highest BCUT2D eigenvalue weighted by Gasteiger charge is 2.23. The number of hydrogen-bond acceptors (Lipinski definition) is 5. The van der Waals surface area contributed by atoms with E-state index >= 15 is 0 Å². The van der Waals surface area contributed by atoms with E-state index in [9.17, 15) is 15.3 Å². The van der Waals surface area contributed by atoms with Gasteiger partial charge in [-0.25, -0.2) is 0 Å². The number of methoxy groups -OCH3 is 2. The van der Waals surface area contributed by atoms with Crippen molar-refractivity contribution in [3.63, 3.8) is 0 Å². The van der Waals surface area contributed by atoms with Crippen LogP contribution in [0, 0.1) is 11.8 Å². The highest BCUT2D eigenvalue weighted by molar-refractivity contribution is 5.43. The lowest BCUT2D eigenvalue weighted by Gasteiger charge is -2.26. The summed E-state index contributed by atoms with van der Waals surface area (Å²) in [6.07, 6.45) is 0.0629. The number of phenols is 2. The summed E-state index contributed by atoms with van der Waals surface area (Å²) in [5.41, 5.74) is 1.74. The SMILES string of the molecule is COc1cc(CC(C)C(C)C(O)c2ccc(O)c(OC)c2)ccc1O. The molecule has 0 radical (unpaired) electrons. The van der Waals surface area contributed by atoms with E-state index in [2.05, 4.69) is 6.92 Å². The van der Waals surface area contributed by atoms with E-state index in [1.54, 1.807) is 18.2 Å². The van der Waals surface area contributed by atoms with Crippen LogP contribution in [0.3, 0.4) is 0 Å². The first-order chi connectivity index (χ1) is 11.9. The highest BCUT2D eigenvalue weighted by Crippen LogP contribution is 2.35. The first kappa shape index (κ1) is 18.9. The summed E-state index contributed by atoms with van der Waals surface area (Å²) in [4.78, 5) is 0. The quantitative estimate of drug-likeness (QED) is 0.713. The van der Waals surface area contributed by atoms with E-state index in [-0.39, 0.29) is 23.3 Å². The summed E-state index contributed by atoms with van der Waals surface area (Å²) in [5.74, 6) is 1.12. The third-order valence-electron chi connectivity index (χ3n) is 4.74. The molecule has 0 aliphatic rings. The smallest absolute Gasteiger partial charge is 0.160 e. The minimum atomic E-state index is -0.677. The first-order valence-corrected chi connectivity index (χ1v) is 8.28. The van der Waals surface area contributed by atoms with Gasteiger partial charge in [0.2, 0.25) is 0 Å². The maximum absolute atomic E-state index is 10.7. The molecule has 0 spiro atoms. The fourth-order valence-electron chi connectivity index (χ4n) is 2.90. The number of hydrogen-bond donors (Lipinski definition) is 3. The van der Waals surface area contributed by atoms with Crippen molar-refractivity contribution in [3.05, 3.63) is 47.5 Å². The predicted molar refractivity (Wildman–Crippen MR) is 96.3 cm³/mol. The summed E-state index contributed by atoms with van der Waals surface area (Å²) in [6, 6.07) is 10.2. The molecule has 5 nitrogen and oxygen atoms in total. The van der Waals surface area contributed by atoms with Crippen LogP contribution in [0.15, 0.2) is 36.4 Å². The van der Waals surface area contributed by atoms with E-state index in [0.717, 1.165) is 12.0 Å². The predicted octanol–water partition coefficient (Wildman–Crippen LogP) is 3.66. The molecular formula is C20H26O5. The molecule has 0 aromatic heterocycles. The van der Waals surface area contributed by atoms with Crippen molar-refractivity contribution in [3.8, 4) is 23.0 Å². The van der Waals surface area contributed by atoms with Crippen LogP contribution in [0.4, 0.5) is 0 Å². The van der Waals surface area contributed by atoms with Crippen LogP contribution < -0.4 is 9.47 Å². The fraction of sp³-hybridized carbons (Fsp3) is 0.400. The third kappa shape index (κ3) is 4.37. The Bertz CT molecular complexity index is 713. The van der Waals surface area contributed by atoms with Crippen molar-refractivity contribution in [2.24, 2.45) is 11.8 Å². The molecule has 3 unspecified atom stereocenters. The largest absolute Gasteiger partial charge is 0.504 e. The van der Waals surface area contributed by atoms with Crippen molar-refractivity contribution >= 4 is 0 Å². The summed E-state index contributed by atoms with van der Waals surface area (Å²) >= 11 is 0. The van der Waals surface area contributed by atoms with Gasteiger partial charge in [-0.15, -0.1) is 0 Å². The van der Waals surface area contributed by atoms with Crippen molar-refractivity contribution in [2.45, 2.75) is 26.4 Å². The van der Waals surface area contributed by atoms with Gasteiger partial charge in [-0.3, -0.25) is 0 Å². The fourth-order valence-corrected chi connectivity index (χ4v) is 2.90. The zero-order chi connectivity index (χ0) is 18.6. The Morgan fingerprint density at radius 2 is 1.44 bits per heavy atom. The van der Waals surface area contributed by atoms with Gasteiger partial charge in [0.25, 0.3) is 0 Å². The van der Waals surface area contributed by atoms with Gasteiger partial charge < -0.3 is 24.8 Å². The molecule has 0 fully saturated rings. The molecule has 3 N–H and O–H groups in total. The van der Waals surface area contributed by atoms with Crippen molar-refractivity contribution in [2.75, 3.05) is 14.2 Å². The number of phenolic OH excluding ortho intramolecular Hbond substituents is 2. The van der Waals surface area contributed by atoms with Crippen LogP contribution in [0.1, 0.15) is 31.1 Å². The normalized spacial score (nSPS) is 14.6. The first-order valence-electron chi connectivity index (χ1n) is 8.28. The molecule has 0 amide bonds. The topological polar surface area (TPSA) is 79.2 Å². The van der Waals surface area contributed by atoms with Gasteiger partial charge in [-0.1, -0.05) is 26.0 Å². The second kappa shape index (κ2) is 8.12. The molecule has 3 atom stereocenters. The molecule has 0 saturated carbocycles. The average Bonchev–Trinajstić information content (AvgIpc) is 2.62. The minimum absolute atomic E-state index is 0.0194. The third-order valence-corrected chi connectivity index (χ3v) is 4.74. The number of aliphatic hydroxyl groups is 1. The van der Waals surface area contributed by atoms with Crippen molar-refractivity contribution < 1.29 is 24.8 Å². The van der Waals surface area contributed by atoms with Gasteiger partial charge >= 0.3 is 0 Å². The summed E-state index contributed by atoms with van der Waals surface area (Å²) in [5, 5.41) is 30.1. The van der Waals surface area contributed by atoms with Crippen molar-refractivity contribution in [1.29, 1.82) is 0 Å². The van der Waals surface area contributed by atoms with Gasteiger partial charge in [0.05, 0.1) is 20.3 Å². The van der Waals surface area contributed by atoms with Crippen LogP contribution in [-0.2, 0) is 6.42 Å². The lowest BCUT2D eigenvalue weighted by Crippen LogP contribution is -2.19. The molecule has 0 heterocycles. The van der Waals surface area contributed by atoms with Gasteiger partial charge in [-0.2, -0.15) is 0 Å². The van der Waals surface area contributed by atoms with Gasteiger partial charge in [0.15, 0.2) is 23.0 Å². The van der Waals surface area contributed by atoms with Gasteiger partial charge in [0, 0.05) is 0 Å². The molecule has 0 bridgehead atoms. The minimum Gasteiger partial charge on any atom is -0.504 e. The maximum atomic E-state index is 10.7. The zero-order valence-electron chi connectivity index (χ0n) is 15.1. The Hall–Kier alpha value is -2.40.